The first-order chi connectivity index (χ1) is 14.6. The second-order valence-corrected chi connectivity index (χ2v) is 7.32. The highest BCUT2D eigenvalue weighted by Crippen LogP contribution is 2.23. The molecule has 1 aliphatic heterocycles. The zero-order valence-electron chi connectivity index (χ0n) is 17.0. The van der Waals surface area contributed by atoms with Crippen molar-refractivity contribution in [2.45, 2.75) is 39.3 Å². The number of nitrogens with zero attached hydrogens (tertiary/aromatic N) is 5. The SMILES string of the molecule is CC#CCn1c(N2CCCCC2)nc2cnn(CC(=O)c3ccccc3N)c(=O)c21. The Morgan fingerprint density at radius 3 is 2.70 bits per heavy atom. The Labute approximate surface area is 174 Å². The fourth-order valence-corrected chi connectivity index (χ4v) is 3.80. The van der Waals surface area contributed by atoms with E-state index in [0.717, 1.165) is 31.9 Å². The zero-order valence-corrected chi connectivity index (χ0v) is 17.0. The molecule has 3 aromatic rings. The van der Waals surface area contributed by atoms with Crippen molar-refractivity contribution in [1.82, 2.24) is 19.3 Å². The molecule has 3 heterocycles. The normalized spacial score (nSPS) is 13.8. The second kappa shape index (κ2) is 8.41. The summed E-state index contributed by atoms with van der Waals surface area (Å²) in [5.74, 6) is 6.40. The van der Waals surface area contributed by atoms with E-state index in [0.29, 0.717) is 28.8 Å². The number of piperidine rings is 1. The molecule has 30 heavy (non-hydrogen) atoms. The van der Waals surface area contributed by atoms with Gasteiger partial charge in [0.25, 0.3) is 5.56 Å². The molecule has 8 heteroatoms. The van der Waals surface area contributed by atoms with Crippen molar-refractivity contribution in [2.24, 2.45) is 0 Å². The summed E-state index contributed by atoms with van der Waals surface area (Å²) in [6, 6.07) is 6.82. The largest absolute Gasteiger partial charge is 0.398 e. The van der Waals surface area contributed by atoms with Gasteiger partial charge < -0.3 is 10.6 Å². The van der Waals surface area contributed by atoms with Crippen LogP contribution in [0.2, 0.25) is 0 Å². The number of nitrogen functional groups attached to an aromatic ring is 1. The smallest absolute Gasteiger partial charge is 0.293 e. The van der Waals surface area contributed by atoms with E-state index in [2.05, 4.69) is 26.8 Å². The molecule has 1 aromatic carbocycles. The molecule has 4 rings (SSSR count). The molecule has 2 N–H and O–H groups in total. The van der Waals surface area contributed by atoms with Crippen molar-refractivity contribution in [3.8, 4) is 11.8 Å². The van der Waals surface area contributed by atoms with Gasteiger partial charge in [0.15, 0.2) is 5.78 Å². The lowest BCUT2D eigenvalue weighted by Crippen LogP contribution is -2.32. The predicted molar refractivity (Wildman–Crippen MR) is 116 cm³/mol. The average Bonchev–Trinajstić information content (AvgIpc) is 3.14. The number of hydrogen-bond donors (Lipinski definition) is 1. The van der Waals surface area contributed by atoms with Crippen molar-refractivity contribution in [3.05, 3.63) is 46.4 Å². The van der Waals surface area contributed by atoms with E-state index >= 15 is 0 Å². The molecule has 154 valence electrons. The van der Waals surface area contributed by atoms with Gasteiger partial charge in [0.05, 0.1) is 12.7 Å². The molecule has 0 atom stereocenters. The minimum atomic E-state index is -0.357. The highest BCUT2D eigenvalue weighted by atomic mass is 16.1. The highest BCUT2D eigenvalue weighted by molar-refractivity contribution is 6.00. The average molecular weight is 404 g/mol. The maximum atomic E-state index is 13.2. The molecule has 0 bridgehead atoms. The van der Waals surface area contributed by atoms with Crippen LogP contribution in [0.4, 0.5) is 11.6 Å². The summed E-state index contributed by atoms with van der Waals surface area (Å²) in [5, 5.41) is 4.19. The van der Waals surface area contributed by atoms with E-state index in [1.165, 1.54) is 11.1 Å². The third kappa shape index (κ3) is 3.66. The summed E-state index contributed by atoms with van der Waals surface area (Å²) >= 11 is 0. The summed E-state index contributed by atoms with van der Waals surface area (Å²) in [4.78, 5) is 32.8. The molecule has 0 aliphatic carbocycles. The molecule has 0 radical (unpaired) electrons. The van der Waals surface area contributed by atoms with Gasteiger partial charge in [0, 0.05) is 24.3 Å². The Hall–Kier alpha value is -3.60. The number of hydrogen-bond acceptors (Lipinski definition) is 6. The fraction of sp³-hybridized carbons (Fsp3) is 0.364. The minimum Gasteiger partial charge on any atom is -0.398 e. The van der Waals surface area contributed by atoms with Crippen LogP contribution in [0.5, 0.6) is 0 Å². The first kappa shape index (κ1) is 19.7. The number of benzene rings is 1. The van der Waals surface area contributed by atoms with Gasteiger partial charge in [-0.2, -0.15) is 5.10 Å². The van der Waals surface area contributed by atoms with Crippen LogP contribution < -0.4 is 16.2 Å². The molecular formula is C22H24N6O2. The number of fused-ring (bicyclic) bond motifs is 1. The maximum Gasteiger partial charge on any atom is 0.293 e. The van der Waals surface area contributed by atoms with Crippen molar-refractivity contribution in [2.75, 3.05) is 23.7 Å². The van der Waals surface area contributed by atoms with Crippen molar-refractivity contribution in [1.29, 1.82) is 0 Å². The van der Waals surface area contributed by atoms with E-state index < -0.39 is 0 Å². The number of carbonyl (C=O) groups excluding carboxylic acids is 1. The van der Waals surface area contributed by atoms with Gasteiger partial charge in [-0.3, -0.25) is 14.2 Å². The van der Waals surface area contributed by atoms with E-state index in [-0.39, 0.29) is 17.9 Å². The number of aromatic nitrogens is 4. The molecule has 2 aromatic heterocycles. The van der Waals surface area contributed by atoms with Crippen molar-refractivity contribution >= 4 is 28.5 Å². The first-order valence-electron chi connectivity index (χ1n) is 10.1. The molecule has 0 spiro atoms. The minimum absolute atomic E-state index is 0.188. The molecule has 0 unspecified atom stereocenters. The Bertz CT molecular complexity index is 1210. The summed E-state index contributed by atoms with van der Waals surface area (Å²) < 4.78 is 3.02. The molecule has 1 aliphatic rings. The fourth-order valence-electron chi connectivity index (χ4n) is 3.80. The van der Waals surface area contributed by atoms with Gasteiger partial charge in [0.2, 0.25) is 5.95 Å². The lowest BCUT2D eigenvalue weighted by molar-refractivity contribution is 0.0967. The molecule has 0 amide bonds. The quantitative estimate of drug-likeness (QED) is 0.397. The zero-order chi connectivity index (χ0) is 21.1. The highest BCUT2D eigenvalue weighted by Gasteiger charge is 2.22. The number of nitrogens with two attached hydrogens (primary N) is 1. The standard InChI is InChI=1S/C22H24N6O2/c1-2-3-13-27-20-18(25-22(27)26-11-7-4-8-12-26)14-24-28(21(20)30)15-19(29)16-9-5-6-10-17(16)23/h5-6,9-10,14H,4,7-8,11-13,15,23H2,1H3. The number of para-hydroxylation sites is 1. The van der Waals surface area contributed by atoms with E-state index in [4.69, 9.17) is 5.73 Å². The number of Topliss-reactive ketones (excluding diaryl/α,β-unsaturated/α-hetero) is 1. The van der Waals surface area contributed by atoms with Crippen LogP contribution in [0.25, 0.3) is 11.0 Å². The maximum absolute atomic E-state index is 13.2. The van der Waals surface area contributed by atoms with Crippen LogP contribution in [0.1, 0.15) is 36.5 Å². The number of imidazole rings is 1. The van der Waals surface area contributed by atoms with Crippen molar-refractivity contribution < 1.29 is 4.79 Å². The monoisotopic (exact) mass is 404 g/mol. The lowest BCUT2D eigenvalue weighted by atomic mass is 10.1. The van der Waals surface area contributed by atoms with Crippen LogP contribution in [-0.2, 0) is 13.1 Å². The second-order valence-electron chi connectivity index (χ2n) is 7.32. The van der Waals surface area contributed by atoms with Crippen LogP contribution in [0.15, 0.2) is 35.3 Å². The van der Waals surface area contributed by atoms with Crippen LogP contribution >= 0.6 is 0 Å². The molecule has 8 nitrogen and oxygen atoms in total. The Morgan fingerprint density at radius 2 is 1.97 bits per heavy atom. The first-order valence-corrected chi connectivity index (χ1v) is 10.1. The molecular weight excluding hydrogens is 380 g/mol. The third-order valence-corrected chi connectivity index (χ3v) is 5.34. The van der Waals surface area contributed by atoms with Gasteiger partial charge in [-0.15, -0.1) is 5.92 Å². The van der Waals surface area contributed by atoms with Gasteiger partial charge in [-0.1, -0.05) is 18.1 Å². The Balaban J connectivity index is 1.77. The van der Waals surface area contributed by atoms with E-state index in [1.54, 1.807) is 37.4 Å². The molecule has 1 saturated heterocycles. The van der Waals surface area contributed by atoms with Crippen LogP contribution in [-0.4, -0.2) is 38.2 Å². The van der Waals surface area contributed by atoms with Gasteiger partial charge >= 0.3 is 0 Å². The summed E-state index contributed by atoms with van der Waals surface area (Å²) in [6.07, 6.45) is 4.93. The Morgan fingerprint density at radius 1 is 1.20 bits per heavy atom. The number of ketones is 1. The van der Waals surface area contributed by atoms with Crippen molar-refractivity contribution in [3.63, 3.8) is 0 Å². The number of rotatable bonds is 5. The lowest BCUT2D eigenvalue weighted by Gasteiger charge is -2.27. The topological polar surface area (TPSA) is 99.0 Å². The summed E-state index contributed by atoms with van der Waals surface area (Å²) in [5.41, 5.74) is 7.24. The van der Waals surface area contributed by atoms with E-state index in [1.807, 2.05) is 4.57 Å². The van der Waals surface area contributed by atoms with Gasteiger partial charge in [-0.05, 0) is 38.3 Å². The molecule has 0 saturated carbocycles. The van der Waals surface area contributed by atoms with Crippen LogP contribution in [0, 0.1) is 11.8 Å². The number of anilines is 2. The molecule has 1 fully saturated rings. The number of carbonyl (C=O) groups is 1. The third-order valence-electron chi connectivity index (χ3n) is 5.34. The summed E-state index contributed by atoms with van der Waals surface area (Å²) in [7, 11) is 0. The predicted octanol–water partition coefficient (Wildman–Crippen LogP) is 2.07. The Kier molecular flexibility index (Phi) is 5.53. The van der Waals surface area contributed by atoms with Gasteiger partial charge in [0.1, 0.15) is 17.6 Å². The van der Waals surface area contributed by atoms with Gasteiger partial charge in [-0.25, -0.2) is 9.67 Å². The van der Waals surface area contributed by atoms with Crippen LogP contribution in [0.3, 0.4) is 0 Å². The van der Waals surface area contributed by atoms with E-state index in [9.17, 15) is 9.59 Å². The summed E-state index contributed by atoms with van der Waals surface area (Å²) in [6.45, 7) is 3.74.